The first-order valence-corrected chi connectivity index (χ1v) is 8.17. The first-order chi connectivity index (χ1) is 10.9. The molecule has 110 valence electrons. The zero-order valence-corrected chi connectivity index (χ0v) is 12.9. The third-order valence-corrected chi connectivity index (χ3v) is 4.85. The Labute approximate surface area is 132 Å². The maximum Gasteiger partial charge on any atom is 0.150 e. The monoisotopic (exact) mass is 308 g/mol. The first kappa shape index (κ1) is 13.3. The molecule has 3 heterocycles. The zero-order chi connectivity index (χ0) is 14.8. The molecule has 0 saturated carbocycles. The van der Waals surface area contributed by atoms with Crippen molar-refractivity contribution in [3.05, 3.63) is 61.4 Å². The van der Waals surface area contributed by atoms with Gasteiger partial charge in [0, 0.05) is 42.6 Å². The fraction of sp³-hybridized carbons (Fsp3) is 0.176. The van der Waals surface area contributed by atoms with E-state index in [0.29, 0.717) is 0 Å². The van der Waals surface area contributed by atoms with E-state index >= 15 is 0 Å². The number of hydrogen-bond donors (Lipinski definition) is 0. The summed E-state index contributed by atoms with van der Waals surface area (Å²) in [6.07, 6.45) is 10.7. The molecule has 1 aromatic carbocycles. The SMILES string of the molecule is c1ccc2sc(-c3nccn3CCCn3ccnc3)cc2c1. The van der Waals surface area contributed by atoms with Crippen molar-refractivity contribution < 1.29 is 0 Å². The Morgan fingerprint density at radius 2 is 2.00 bits per heavy atom. The van der Waals surface area contributed by atoms with Crippen molar-refractivity contribution in [1.82, 2.24) is 19.1 Å². The Hall–Kier alpha value is -2.40. The van der Waals surface area contributed by atoms with E-state index in [1.165, 1.54) is 15.0 Å². The van der Waals surface area contributed by atoms with Gasteiger partial charge in [-0.15, -0.1) is 11.3 Å². The highest BCUT2D eigenvalue weighted by atomic mass is 32.1. The molecule has 0 aliphatic rings. The lowest BCUT2D eigenvalue weighted by Crippen LogP contribution is -2.03. The minimum Gasteiger partial charge on any atom is -0.337 e. The fourth-order valence-electron chi connectivity index (χ4n) is 2.65. The number of hydrogen-bond acceptors (Lipinski definition) is 3. The largest absolute Gasteiger partial charge is 0.337 e. The molecule has 4 nitrogen and oxygen atoms in total. The highest BCUT2D eigenvalue weighted by molar-refractivity contribution is 7.22. The van der Waals surface area contributed by atoms with E-state index in [-0.39, 0.29) is 0 Å². The second-order valence-corrected chi connectivity index (χ2v) is 6.33. The lowest BCUT2D eigenvalue weighted by Gasteiger charge is -2.07. The molecule has 0 radical (unpaired) electrons. The molecule has 0 fully saturated rings. The fourth-order valence-corrected chi connectivity index (χ4v) is 3.72. The van der Waals surface area contributed by atoms with Crippen LogP contribution in [0.25, 0.3) is 20.8 Å². The van der Waals surface area contributed by atoms with Crippen molar-refractivity contribution in [1.29, 1.82) is 0 Å². The van der Waals surface area contributed by atoms with Crippen molar-refractivity contribution >= 4 is 21.4 Å². The van der Waals surface area contributed by atoms with Crippen LogP contribution in [0.3, 0.4) is 0 Å². The first-order valence-electron chi connectivity index (χ1n) is 7.36. The highest BCUT2D eigenvalue weighted by Crippen LogP contribution is 2.32. The third-order valence-electron chi connectivity index (χ3n) is 3.74. The number of aryl methyl sites for hydroxylation is 2. The molecule has 3 aromatic heterocycles. The molecule has 0 amide bonds. The number of thiophene rings is 1. The summed E-state index contributed by atoms with van der Waals surface area (Å²) in [6, 6.07) is 10.7. The Balaban J connectivity index is 1.54. The summed E-state index contributed by atoms with van der Waals surface area (Å²) in [7, 11) is 0. The van der Waals surface area contributed by atoms with Crippen LogP contribution in [0.1, 0.15) is 6.42 Å². The summed E-state index contributed by atoms with van der Waals surface area (Å²) in [6.45, 7) is 1.94. The summed E-state index contributed by atoms with van der Waals surface area (Å²) < 4.78 is 5.66. The predicted octanol–water partition coefficient (Wildman–Crippen LogP) is 4.05. The molecule has 0 N–H and O–H groups in total. The number of fused-ring (bicyclic) bond motifs is 1. The van der Waals surface area contributed by atoms with Crippen LogP contribution in [0.4, 0.5) is 0 Å². The van der Waals surface area contributed by atoms with Crippen molar-refractivity contribution in [2.45, 2.75) is 19.5 Å². The van der Waals surface area contributed by atoms with Crippen molar-refractivity contribution in [3.63, 3.8) is 0 Å². The van der Waals surface area contributed by atoms with Crippen LogP contribution in [0, 0.1) is 0 Å². The molecule has 4 aromatic rings. The number of benzene rings is 1. The number of nitrogens with zero attached hydrogens (tertiary/aromatic N) is 4. The van der Waals surface area contributed by atoms with Gasteiger partial charge in [0.2, 0.25) is 0 Å². The quantitative estimate of drug-likeness (QED) is 0.557. The second kappa shape index (κ2) is 5.77. The van der Waals surface area contributed by atoms with Gasteiger partial charge in [0.1, 0.15) is 5.82 Å². The number of imidazole rings is 2. The van der Waals surface area contributed by atoms with Crippen LogP contribution in [0.15, 0.2) is 61.4 Å². The molecule has 0 saturated heterocycles. The van der Waals surface area contributed by atoms with Crippen LogP contribution < -0.4 is 0 Å². The standard InChI is InChI=1S/C17H16N4S/c1-2-5-15-14(4-1)12-16(22-15)17-19-7-11-21(17)9-3-8-20-10-6-18-13-20/h1-2,4-7,10-13H,3,8-9H2. The van der Waals surface area contributed by atoms with Gasteiger partial charge in [-0.2, -0.15) is 0 Å². The van der Waals surface area contributed by atoms with Gasteiger partial charge in [0.15, 0.2) is 0 Å². The average Bonchev–Trinajstić information content (AvgIpc) is 3.27. The molecule has 0 spiro atoms. The molecule has 0 aliphatic carbocycles. The summed E-state index contributed by atoms with van der Waals surface area (Å²) in [5, 5.41) is 1.29. The number of aromatic nitrogens is 4. The lowest BCUT2D eigenvalue weighted by molar-refractivity contribution is 0.566. The molecule has 0 aliphatic heterocycles. The summed E-state index contributed by atoms with van der Waals surface area (Å²) in [5.74, 6) is 1.06. The normalized spacial score (nSPS) is 11.3. The molecule has 0 unspecified atom stereocenters. The van der Waals surface area contributed by atoms with Crippen LogP contribution in [0.2, 0.25) is 0 Å². The molecule has 5 heteroatoms. The maximum atomic E-state index is 4.55. The average molecular weight is 308 g/mol. The minimum atomic E-state index is 0.960. The van der Waals surface area contributed by atoms with Gasteiger partial charge in [0.05, 0.1) is 11.2 Å². The zero-order valence-electron chi connectivity index (χ0n) is 12.1. The van der Waals surface area contributed by atoms with Crippen LogP contribution >= 0.6 is 11.3 Å². The van der Waals surface area contributed by atoms with E-state index < -0.39 is 0 Å². The van der Waals surface area contributed by atoms with Crippen LogP contribution in [0.5, 0.6) is 0 Å². The van der Waals surface area contributed by atoms with Gasteiger partial charge in [-0.3, -0.25) is 0 Å². The van der Waals surface area contributed by atoms with E-state index in [1.807, 2.05) is 24.9 Å². The lowest BCUT2D eigenvalue weighted by atomic mass is 10.2. The van der Waals surface area contributed by atoms with Gasteiger partial charge in [0.25, 0.3) is 0 Å². The highest BCUT2D eigenvalue weighted by Gasteiger charge is 2.09. The Kier molecular flexibility index (Phi) is 3.48. The van der Waals surface area contributed by atoms with Crippen molar-refractivity contribution in [2.24, 2.45) is 0 Å². The maximum absolute atomic E-state index is 4.55. The molecule has 0 bridgehead atoms. The topological polar surface area (TPSA) is 35.6 Å². The molecule has 0 atom stereocenters. The second-order valence-electron chi connectivity index (χ2n) is 5.25. The van der Waals surface area contributed by atoms with Crippen molar-refractivity contribution in [2.75, 3.05) is 0 Å². The van der Waals surface area contributed by atoms with Crippen molar-refractivity contribution in [3.8, 4) is 10.7 Å². The molecular weight excluding hydrogens is 292 g/mol. The Bertz CT molecular complexity index is 840. The van der Waals surface area contributed by atoms with Gasteiger partial charge in [-0.25, -0.2) is 9.97 Å². The molecule has 4 rings (SSSR count). The smallest absolute Gasteiger partial charge is 0.150 e. The molecule has 22 heavy (non-hydrogen) atoms. The minimum absolute atomic E-state index is 0.960. The van der Waals surface area contributed by atoms with Crippen LogP contribution in [-0.2, 0) is 13.1 Å². The summed E-state index contributed by atoms with van der Waals surface area (Å²) in [5.41, 5.74) is 0. The third kappa shape index (κ3) is 2.55. The Morgan fingerprint density at radius 3 is 2.86 bits per heavy atom. The van der Waals surface area contributed by atoms with E-state index in [9.17, 15) is 0 Å². The van der Waals surface area contributed by atoms with E-state index in [1.54, 1.807) is 11.3 Å². The van der Waals surface area contributed by atoms with E-state index in [2.05, 4.69) is 55.6 Å². The molecular formula is C17H16N4S. The summed E-state index contributed by atoms with van der Waals surface area (Å²) in [4.78, 5) is 9.85. The van der Waals surface area contributed by atoms with E-state index in [4.69, 9.17) is 0 Å². The Morgan fingerprint density at radius 1 is 1.05 bits per heavy atom. The van der Waals surface area contributed by atoms with Crippen LogP contribution in [-0.4, -0.2) is 19.1 Å². The van der Waals surface area contributed by atoms with Gasteiger partial charge in [-0.05, 0) is 23.9 Å². The number of rotatable bonds is 5. The van der Waals surface area contributed by atoms with Gasteiger partial charge in [-0.1, -0.05) is 18.2 Å². The predicted molar refractivity (Wildman–Crippen MR) is 89.9 cm³/mol. The summed E-state index contributed by atoms with van der Waals surface area (Å²) >= 11 is 1.80. The van der Waals surface area contributed by atoms with Gasteiger partial charge < -0.3 is 9.13 Å². The van der Waals surface area contributed by atoms with Gasteiger partial charge >= 0.3 is 0 Å². The van der Waals surface area contributed by atoms with E-state index in [0.717, 1.165) is 25.3 Å².